The molecule has 1 atom stereocenters. The average Bonchev–Trinajstić information content (AvgIpc) is 3.29. The van der Waals surface area contributed by atoms with Crippen molar-refractivity contribution >= 4 is 33.3 Å². The van der Waals surface area contributed by atoms with Gasteiger partial charge in [-0.1, -0.05) is 103 Å². The van der Waals surface area contributed by atoms with E-state index < -0.39 is 0 Å². The minimum atomic E-state index is 0.100. The molecule has 1 unspecified atom stereocenters. The van der Waals surface area contributed by atoms with Crippen LogP contribution in [-0.4, -0.2) is 16.1 Å². The van der Waals surface area contributed by atoms with Gasteiger partial charge in [-0.25, -0.2) is 4.98 Å². The molecule has 6 heteroatoms. The van der Waals surface area contributed by atoms with Gasteiger partial charge >= 0.3 is 0 Å². The van der Waals surface area contributed by atoms with Crippen LogP contribution in [0.2, 0.25) is 0 Å². The van der Waals surface area contributed by atoms with Gasteiger partial charge in [-0.2, -0.15) is 0 Å². The van der Waals surface area contributed by atoms with E-state index in [1.54, 1.807) is 28.0 Å². The maximum atomic E-state index is 14.0. The molecule has 5 aromatic rings. The highest BCUT2D eigenvalue weighted by atomic mass is 32.2. The van der Waals surface area contributed by atoms with Gasteiger partial charge in [0, 0.05) is 17.7 Å². The SMILES string of the molecule is O=c1c2c3c(sc2nc(SCc2ccccc2)n1Cc1ccccc1)C[NH+](Cc1ccccc1)CC3. The Balaban J connectivity index is 1.36. The van der Waals surface area contributed by atoms with Gasteiger partial charge < -0.3 is 4.90 Å². The van der Waals surface area contributed by atoms with Gasteiger partial charge in [-0.05, 0) is 16.7 Å². The highest BCUT2D eigenvalue weighted by molar-refractivity contribution is 7.98. The maximum Gasteiger partial charge on any atom is 0.263 e. The number of hydrogen-bond donors (Lipinski definition) is 1. The Morgan fingerprint density at radius 3 is 2.19 bits per heavy atom. The second-order valence-electron chi connectivity index (χ2n) is 9.32. The predicted octanol–water partition coefficient (Wildman–Crippen LogP) is 4.94. The zero-order valence-corrected chi connectivity index (χ0v) is 21.7. The lowest BCUT2D eigenvalue weighted by Gasteiger charge is -2.24. The van der Waals surface area contributed by atoms with Gasteiger partial charge in [0.15, 0.2) is 5.16 Å². The summed E-state index contributed by atoms with van der Waals surface area (Å²) < 4.78 is 1.89. The third-order valence-electron chi connectivity index (χ3n) is 6.79. The van der Waals surface area contributed by atoms with E-state index in [9.17, 15) is 4.79 Å². The highest BCUT2D eigenvalue weighted by Crippen LogP contribution is 2.32. The first-order valence-corrected chi connectivity index (χ1v) is 14.2. The smallest absolute Gasteiger partial charge is 0.263 e. The number of nitrogens with one attached hydrogen (secondary N) is 1. The predicted molar refractivity (Wildman–Crippen MR) is 149 cm³/mol. The summed E-state index contributed by atoms with van der Waals surface area (Å²) in [6.07, 6.45) is 0.927. The summed E-state index contributed by atoms with van der Waals surface area (Å²) in [4.78, 5) is 22.8. The number of aromatic nitrogens is 2. The van der Waals surface area contributed by atoms with Crippen LogP contribution >= 0.6 is 23.1 Å². The zero-order chi connectivity index (χ0) is 24.3. The topological polar surface area (TPSA) is 39.3 Å². The number of fused-ring (bicyclic) bond motifs is 3. The van der Waals surface area contributed by atoms with Crippen LogP contribution in [0, 0.1) is 0 Å². The van der Waals surface area contributed by atoms with E-state index in [2.05, 4.69) is 66.7 Å². The lowest BCUT2D eigenvalue weighted by molar-refractivity contribution is -0.929. The number of quaternary nitrogens is 1. The summed E-state index contributed by atoms with van der Waals surface area (Å²) in [5, 5.41) is 1.64. The van der Waals surface area contributed by atoms with Crippen LogP contribution in [0.1, 0.15) is 27.1 Å². The fourth-order valence-electron chi connectivity index (χ4n) is 4.96. The minimum Gasteiger partial charge on any atom is -0.326 e. The summed E-state index contributed by atoms with van der Waals surface area (Å²) in [5.74, 6) is 0.785. The van der Waals surface area contributed by atoms with Gasteiger partial charge in [0.05, 0.1) is 23.4 Å². The Bertz CT molecular complexity index is 1530. The Morgan fingerprint density at radius 1 is 0.861 bits per heavy atom. The summed E-state index contributed by atoms with van der Waals surface area (Å²) >= 11 is 3.37. The number of nitrogens with zero attached hydrogens (tertiary/aromatic N) is 2. The van der Waals surface area contributed by atoms with Crippen LogP contribution in [0.15, 0.2) is 101 Å². The number of benzene rings is 3. The summed E-state index contributed by atoms with van der Waals surface area (Å²) in [7, 11) is 0. The maximum absolute atomic E-state index is 14.0. The van der Waals surface area contributed by atoms with Crippen molar-refractivity contribution in [3.63, 3.8) is 0 Å². The Labute approximate surface area is 219 Å². The van der Waals surface area contributed by atoms with Crippen molar-refractivity contribution in [2.45, 2.75) is 37.0 Å². The molecule has 2 aromatic heterocycles. The number of hydrogen-bond acceptors (Lipinski definition) is 4. The van der Waals surface area contributed by atoms with Gasteiger partial charge in [-0.15, -0.1) is 11.3 Å². The van der Waals surface area contributed by atoms with Crippen LogP contribution in [0.25, 0.3) is 10.2 Å². The van der Waals surface area contributed by atoms with E-state index in [1.807, 2.05) is 28.8 Å². The van der Waals surface area contributed by atoms with E-state index in [0.29, 0.717) is 6.54 Å². The first-order valence-electron chi connectivity index (χ1n) is 12.4. The standard InChI is InChI=1S/C30H27N3OS2/c34-29-27-25-16-17-32(18-22-10-4-1-5-11-22)20-26(25)36-28(27)31-30(35-21-24-14-8-3-9-15-24)33(29)19-23-12-6-2-7-13-23/h1-15H,16-21H2/p+1. The normalized spacial score (nSPS) is 15.2. The monoisotopic (exact) mass is 510 g/mol. The molecular weight excluding hydrogens is 482 g/mol. The molecule has 6 rings (SSSR count). The van der Waals surface area contributed by atoms with Crippen molar-refractivity contribution in [3.8, 4) is 0 Å². The molecule has 0 radical (unpaired) electrons. The fourth-order valence-corrected chi connectivity index (χ4v) is 7.25. The van der Waals surface area contributed by atoms with Gasteiger partial charge in [-0.3, -0.25) is 9.36 Å². The molecule has 0 spiro atoms. The van der Waals surface area contributed by atoms with Crippen LogP contribution in [0.4, 0.5) is 0 Å². The quantitative estimate of drug-likeness (QED) is 0.249. The molecule has 0 bridgehead atoms. The zero-order valence-electron chi connectivity index (χ0n) is 20.0. The number of thiophene rings is 1. The molecule has 1 aliphatic rings. The molecule has 0 amide bonds. The van der Waals surface area contributed by atoms with Crippen molar-refractivity contribution in [1.29, 1.82) is 0 Å². The summed E-state index contributed by atoms with van der Waals surface area (Å²) in [5.41, 5.74) is 5.03. The molecule has 4 nitrogen and oxygen atoms in total. The van der Waals surface area contributed by atoms with Gasteiger partial charge in [0.1, 0.15) is 17.9 Å². The van der Waals surface area contributed by atoms with E-state index in [-0.39, 0.29) is 5.56 Å². The second-order valence-corrected chi connectivity index (χ2v) is 11.3. The van der Waals surface area contributed by atoms with Crippen LogP contribution in [-0.2, 0) is 31.8 Å². The third kappa shape index (κ3) is 4.89. The van der Waals surface area contributed by atoms with Crippen LogP contribution in [0.3, 0.4) is 0 Å². The largest absolute Gasteiger partial charge is 0.326 e. The van der Waals surface area contributed by atoms with Gasteiger partial charge in [0.25, 0.3) is 5.56 Å². The van der Waals surface area contributed by atoms with E-state index in [1.165, 1.54) is 21.6 Å². The molecule has 1 aliphatic heterocycles. The molecule has 0 saturated heterocycles. The molecular formula is C30H28N3OS2+. The third-order valence-corrected chi connectivity index (χ3v) is 8.96. The van der Waals surface area contributed by atoms with Crippen molar-refractivity contribution in [2.75, 3.05) is 6.54 Å². The molecule has 0 saturated carbocycles. The highest BCUT2D eigenvalue weighted by Gasteiger charge is 2.27. The Hall–Kier alpha value is -3.19. The van der Waals surface area contributed by atoms with Crippen molar-refractivity contribution in [2.24, 2.45) is 0 Å². The van der Waals surface area contributed by atoms with Crippen LogP contribution in [0.5, 0.6) is 0 Å². The fraction of sp³-hybridized carbons (Fsp3) is 0.200. The molecule has 1 N–H and O–H groups in total. The van der Waals surface area contributed by atoms with Gasteiger partial charge in [0.2, 0.25) is 0 Å². The van der Waals surface area contributed by atoms with Crippen molar-refractivity contribution in [3.05, 3.63) is 128 Å². The average molecular weight is 511 g/mol. The molecule has 3 aromatic carbocycles. The van der Waals surface area contributed by atoms with Crippen molar-refractivity contribution < 1.29 is 4.90 Å². The number of thioether (sulfide) groups is 1. The van der Waals surface area contributed by atoms with E-state index in [0.717, 1.165) is 52.7 Å². The van der Waals surface area contributed by atoms with E-state index in [4.69, 9.17) is 4.98 Å². The molecule has 0 aliphatic carbocycles. The first-order chi connectivity index (χ1) is 17.7. The summed E-state index contributed by atoms with van der Waals surface area (Å²) in [6, 6.07) is 31.3. The lowest BCUT2D eigenvalue weighted by Crippen LogP contribution is -3.10. The summed E-state index contributed by atoms with van der Waals surface area (Å²) in [6.45, 7) is 3.54. The number of rotatable bonds is 7. The molecule has 0 fully saturated rings. The Kier molecular flexibility index (Phi) is 6.73. The molecule has 180 valence electrons. The van der Waals surface area contributed by atoms with Crippen LogP contribution < -0.4 is 10.5 Å². The minimum absolute atomic E-state index is 0.100. The molecule has 3 heterocycles. The Morgan fingerprint density at radius 2 is 1.50 bits per heavy atom. The molecule has 36 heavy (non-hydrogen) atoms. The lowest BCUT2D eigenvalue weighted by atomic mass is 10.0. The van der Waals surface area contributed by atoms with Crippen molar-refractivity contribution in [1.82, 2.24) is 9.55 Å². The second kappa shape index (κ2) is 10.4. The van der Waals surface area contributed by atoms with E-state index >= 15 is 0 Å². The first kappa shape index (κ1) is 23.2.